The van der Waals surface area contributed by atoms with Crippen LogP contribution in [0.25, 0.3) is 5.65 Å². The standard InChI is InChI=1S/C19H30N6.HI/c1-3-20-19(21-10-13-24-11-5-4-6-12-24)22-14-17-15-25-16(2)8-7-9-18(25)23-17;/h7-9,15H,3-6,10-14H2,1-2H3,(H2,20,21,22);1H. The number of halogens is 1. The summed E-state index contributed by atoms with van der Waals surface area (Å²) in [5.74, 6) is 0.869. The van der Waals surface area contributed by atoms with E-state index in [4.69, 9.17) is 4.99 Å². The summed E-state index contributed by atoms with van der Waals surface area (Å²) in [6, 6.07) is 6.16. The molecule has 7 heteroatoms. The third-order valence-electron chi connectivity index (χ3n) is 4.66. The van der Waals surface area contributed by atoms with E-state index < -0.39 is 0 Å². The lowest BCUT2D eigenvalue weighted by Gasteiger charge is -2.26. The van der Waals surface area contributed by atoms with E-state index in [1.807, 2.05) is 12.1 Å². The van der Waals surface area contributed by atoms with Gasteiger partial charge in [-0.1, -0.05) is 12.5 Å². The average Bonchev–Trinajstić information content (AvgIpc) is 3.05. The summed E-state index contributed by atoms with van der Waals surface area (Å²) in [6.07, 6.45) is 6.13. The minimum absolute atomic E-state index is 0. The minimum atomic E-state index is 0. The smallest absolute Gasteiger partial charge is 0.191 e. The number of imidazole rings is 1. The molecule has 1 aliphatic rings. The van der Waals surface area contributed by atoms with Crippen molar-refractivity contribution in [3.8, 4) is 0 Å². The molecule has 3 heterocycles. The molecule has 0 saturated carbocycles. The first-order valence-corrected chi connectivity index (χ1v) is 9.44. The number of guanidine groups is 1. The van der Waals surface area contributed by atoms with Crippen LogP contribution in [0.4, 0.5) is 0 Å². The molecule has 2 aromatic heterocycles. The number of rotatable bonds is 6. The molecule has 1 saturated heterocycles. The van der Waals surface area contributed by atoms with Gasteiger partial charge in [-0.15, -0.1) is 24.0 Å². The molecule has 26 heavy (non-hydrogen) atoms. The molecule has 0 unspecified atom stereocenters. The molecule has 2 N–H and O–H groups in total. The Morgan fingerprint density at radius 2 is 2.00 bits per heavy atom. The molecule has 0 radical (unpaired) electrons. The fraction of sp³-hybridized carbons (Fsp3) is 0.579. The summed E-state index contributed by atoms with van der Waals surface area (Å²) in [4.78, 5) is 11.9. The fourth-order valence-corrected chi connectivity index (χ4v) is 3.29. The van der Waals surface area contributed by atoms with Gasteiger partial charge in [0.1, 0.15) is 5.65 Å². The summed E-state index contributed by atoms with van der Waals surface area (Å²) in [6.45, 7) is 10.1. The molecule has 0 aliphatic carbocycles. The van der Waals surface area contributed by atoms with Crippen molar-refractivity contribution in [2.24, 2.45) is 4.99 Å². The van der Waals surface area contributed by atoms with Gasteiger partial charge in [-0.05, 0) is 51.9 Å². The minimum Gasteiger partial charge on any atom is -0.357 e. The van der Waals surface area contributed by atoms with E-state index >= 15 is 0 Å². The van der Waals surface area contributed by atoms with Crippen LogP contribution in [0.15, 0.2) is 29.4 Å². The van der Waals surface area contributed by atoms with Crippen molar-refractivity contribution in [2.45, 2.75) is 39.7 Å². The Labute approximate surface area is 173 Å². The Balaban J connectivity index is 0.00000243. The summed E-state index contributed by atoms with van der Waals surface area (Å²) < 4.78 is 2.11. The molecular formula is C19H31IN6. The van der Waals surface area contributed by atoms with E-state index in [1.165, 1.54) is 38.0 Å². The second-order valence-corrected chi connectivity index (χ2v) is 6.65. The predicted octanol–water partition coefficient (Wildman–Crippen LogP) is 2.80. The number of hydrogen-bond donors (Lipinski definition) is 2. The molecule has 144 valence electrons. The number of pyridine rings is 1. The predicted molar refractivity (Wildman–Crippen MR) is 118 cm³/mol. The lowest BCUT2D eigenvalue weighted by Crippen LogP contribution is -2.42. The van der Waals surface area contributed by atoms with Gasteiger partial charge >= 0.3 is 0 Å². The van der Waals surface area contributed by atoms with Gasteiger partial charge in [0.15, 0.2) is 5.96 Å². The first-order valence-electron chi connectivity index (χ1n) is 9.44. The van der Waals surface area contributed by atoms with E-state index in [0.29, 0.717) is 6.54 Å². The number of aromatic nitrogens is 2. The van der Waals surface area contributed by atoms with E-state index in [9.17, 15) is 0 Å². The third-order valence-corrected chi connectivity index (χ3v) is 4.66. The van der Waals surface area contributed by atoms with Gasteiger partial charge in [-0.25, -0.2) is 9.98 Å². The molecule has 2 aromatic rings. The van der Waals surface area contributed by atoms with Gasteiger partial charge in [-0.2, -0.15) is 0 Å². The van der Waals surface area contributed by atoms with E-state index in [0.717, 1.165) is 36.9 Å². The maximum Gasteiger partial charge on any atom is 0.191 e. The quantitative estimate of drug-likeness (QED) is 0.388. The van der Waals surface area contributed by atoms with Gasteiger partial charge in [0.2, 0.25) is 0 Å². The molecule has 0 amide bonds. The van der Waals surface area contributed by atoms with Crippen LogP contribution in [0.1, 0.15) is 37.6 Å². The van der Waals surface area contributed by atoms with Crippen LogP contribution < -0.4 is 10.6 Å². The molecule has 0 atom stereocenters. The van der Waals surface area contributed by atoms with Crippen molar-refractivity contribution in [3.05, 3.63) is 35.8 Å². The Morgan fingerprint density at radius 3 is 2.73 bits per heavy atom. The molecule has 6 nitrogen and oxygen atoms in total. The van der Waals surface area contributed by atoms with Crippen molar-refractivity contribution in [3.63, 3.8) is 0 Å². The molecule has 0 aromatic carbocycles. The van der Waals surface area contributed by atoms with E-state index in [-0.39, 0.29) is 24.0 Å². The SMILES string of the molecule is CCNC(=NCc1cn2c(C)cccc2n1)NCCN1CCCCC1.I. The van der Waals surface area contributed by atoms with E-state index in [1.54, 1.807) is 0 Å². The number of nitrogens with zero attached hydrogens (tertiary/aromatic N) is 4. The van der Waals surface area contributed by atoms with Crippen molar-refractivity contribution in [2.75, 3.05) is 32.7 Å². The van der Waals surface area contributed by atoms with Crippen LogP contribution >= 0.6 is 24.0 Å². The third kappa shape index (κ3) is 5.84. The van der Waals surface area contributed by atoms with Crippen molar-refractivity contribution >= 4 is 35.6 Å². The number of fused-ring (bicyclic) bond motifs is 1. The molecule has 0 spiro atoms. The van der Waals surface area contributed by atoms with Crippen LogP contribution in [-0.2, 0) is 6.54 Å². The highest BCUT2D eigenvalue weighted by Gasteiger charge is 2.09. The number of aliphatic imine (C=N–C) groups is 1. The van der Waals surface area contributed by atoms with Crippen LogP contribution in [0, 0.1) is 6.92 Å². The molecular weight excluding hydrogens is 439 g/mol. The maximum atomic E-state index is 4.69. The summed E-state index contributed by atoms with van der Waals surface area (Å²) in [7, 11) is 0. The number of likely N-dealkylation sites (tertiary alicyclic amines) is 1. The number of hydrogen-bond acceptors (Lipinski definition) is 3. The van der Waals surface area contributed by atoms with Crippen molar-refractivity contribution < 1.29 is 0 Å². The molecule has 1 fully saturated rings. The normalized spacial score (nSPS) is 15.7. The average molecular weight is 470 g/mol. The number of nitrogens with one attached hydrogen (secondary N) is 2. The second-order valence-electron chi connectivity index (χ2n) is 6.65. The lowest BCUT2D eigenvalue weighted by atomic mass is 10.1. The first-order chi connectivity index (χ1) is 12.3. The van der Waals surface area contributed by atoms with E-state index in [2.05, 4.69) is 51.0 Å². The van der Waals surface area contributed by atoms with Crippen LogP contribution in [0.3, 0.4) is 0 Å². The van der Waals surface area contributed by atoms with Crippen molar-refractivity contribution in [1.29, 1.82) is 0 Å². The Kier molecular flexibility index (Phi) is 8.64. The maximum absolute atomic E-state index is 4.69. The molecule has 0 bridgehead atoms. The van der Waals surface area contributed by atoms with Crippen LogP contribution in [0.2, 0.25) is 0 Å². The zero-order chi connectivity index (χ0) is 17.5. The topological polar surface area (TPSA) is 57.0 Å². The van der Waals surface area contributed by atoms with Gasteiger partial charge in [-0.3, -0.25) is 0 Å². The molecule has 3 rings (SSSR count). The second kappa shape index (κ2) is 10.7. The zero-order valence-electron chi connectivity index (χ0n) is 15.9. The number of aryl methyl sites for hydroxylation is 1. The highest BCUT2D eigenvalue weighted by Crippen LogP contribution is 2.09. The summed E-state index contributed by atoms with van der Waals surface area (Å²) in [5.41, 5.74) is 3.16. The van der Waals surface area contributed by atoms with Crippen LogP contribution in [-0.4, -0.2) is 53.0 Å². The first kappa shape index (κ1) is 21.0. The zero-order valence-corrected chi connectivity index (χ0v) is 18.2. The van der Waals surface area contributed by atoms with Crippen molar-refractivity contribution in [1.82, 2.24) is 24.9 Å². The largest absolute Gasteiger partial charge is 0.357 e. The highest BCUT2D eigenvalue weighted by atomic mass is 127. The monoisotopic (exact) mass is 470 g/mol. The lowest BCUT2D eigenvalue weighted by molar-refractivity contribution is 0.232. The Hall–Kier alpha value is -1.35. The van der Waals surface area contributed by atoms with Gasteiger partial charge in [0.05, 0.1) is 12.2 Å². The number of piperidine rings is 1. The molecule has 1 aliphatic heterocycles. The van der Waals surface area contributed by atoms with Gasteiger partial charge in [0, 0.05) is 31.5 Å². The Bertz CT molecular complexity index is 705. The van der Waals surface area contributed by atoms with Crippen LogP contribution in [0.5, 0.6) is 0 Å². The highest BCUT2D eigenvalue weighted by molar-refractivity contribution is 14.0. The summed E-state index contributed by atoms with van der Waals surface area (Å²) in [5, 5.41) is 6.77. The van der Waals surface area contributed by atoms with Gasteiger partial charge in [0.25, 0.3) is 0 Å². The Morgan fingerprint density at radius 1 is 1.19 bits per heavy atom. The van der Waals surface area contributed by atoms with Gasteiger partial charge < -0.3 is 19.9 Å². The fourth-order valence-electron chi connectivity index (χ4n) is 3.29. The summed E-state index contributed by atoms with van der Waals surface area (Å²) >= 11 is 0.